The summed E-state index contributed by atoms with van der Waals surface area (Å²) < 4.78 is 7.16. The summed E-state index contributed by atoms with van der Waals surface area (Å²) in [5.41, 5.74) is 36.9. The van der Waals surface area contributed by atoms with Crippen LogP contribution < -0.4 is 19.6 Å². The van der Waals surface area contributed by atoms with Gasteiger partial charge < -0.3 is 33.3 Å². The lowest BCUT2D eigenvalue weighted by molar-refractivity contribution is 1.17. The van der Waals surface area contributed by atoms with Crippen LogP contribution >= 0.6 is 34.0 Å². The molecule has 0 atom stereocenters. The van der Waals surface area contributed by atoms with Crippen LogP contribution in [0.1, 0.15) is 0 Å². The van der Waals surface area contributed by atoms with Crippen molar-refractivity contribution in [3.05, 3.63) is 564 Å². The van der Waals surface area contributed by atoms with Gasteiger partial charge in [0.25, 0.3) is 0 Å². The Hall–Kier alpha value is -18.7. The lowest BCUT2D eigenvalue weighted by Gasteiger charge is -2.27. The van der Waals surface area contributed by atoms with Crippen LogP contribution in [0, 0.1) is 0 Å². The number of nitrogens with zero attached hydrogens (tertiary/aromatic N) is 7. The Morgan fingerprint density at radius 1 is 0.108 bits per heavy atom. The number of aromatic nitrogens is 3. The second kappa shape index (κ2) is 38.2. The summed E-state index contributed by atoms with van der Waals surface area (Å²) >= 11 is 5.47. The van der Waals surface area contributed by atoms with E-state index in [4.69, 9.17) is 0 Å². The minimum Gasteiger partial charge on any atom is -0.311 e. The van der Waals surface area contributed by atoms with E-state index in [-0.39, 0.29) is 0 Å². The number of thiophene rings is 3. The molecule has 0 unspecified atom stereocenters. The summed E-state index contributed by atoms with van der Waals surface area (Å²) in [5, 5.41) is 7.43. The fourth-order valence-electron chi connectivity index (χ4n) is 21.5. The van der Waals surface area contributed by atoms with Gasteiger partial charge in [-0.05, 0) is 322 Å². The van der Waals surface area contributed by atoms with Crippen LogP contribution in [0.3, 0.4) is 0 Å². The molecule has 27 rings (SSSR count). The van der Waals surface area contributed by atoms with Gasteiger partial charge in [-0.3, -0.25) is 0 Å². The molecule has 0 spiro atoms. The van der Waals surface area contributed by atoms with Crippen molar-refractivity contribution in [1.29, 1.82) is 0 Å². The highest BCUT2D eigenvalue weighted by atomic mass is 32.1. The van der Waals surface area contributed by atoms with E-state index in [1.165, 1.54) is 128 Å². The zero-order chi connectivity index (χ0) is 97.9. The summed E-state index contributed by atoms with van der Waals surface area (Å²) in [5.74, 6) is 0. The molecular formula is C138H93N7S3. The smallest absolute Gasteiger partial charge is 0.0541 e. The number of anilines is 12. The number of benzene rings is 21. The van der Waals surface area contributed by atoms with Crippen LogP contribution in [0.4, 0.5) is 68.2 Å². The Kier molecular flexibility index (Phi) is 22.8. The zero-order valence-corrected chi connectivity index (χ0v) is 83.0. The van der Waals surface area contributed by atoms with Gasteiger partial charge in [-0.1, -0.05) is 309 Å². The Bertz CT molecular complexity index is 8450. The van der Waals surface area contributed by atoms with Gasteiger partial charge in [0.1, 0.15) is 0 Å². The summed E-state index contributed by atoms with van der Waals surface area (Å²) in [6, 6.07) is 207. The van der Waals surface area contributed by atoms with Gasteiger partial charge in [-0.15, -0.1) is 34.0 Å². The largest absolute Gasteiger partial charge is 0.311 e. The highest BCUT2D eigenvalue weighted by Gasteiger charge is 2.25. The third-order valence-electron chi connectivity index (χ3n) is 28.8. The first-order valence-corrected chi connectivity index (χ1v) is 52.7. The van der Waals surface area contributed by atoms with Crippen molar-refractivity contribution < 1.29 is 0 Å². The summed E-state index contributed by atoms with van der Waals surface area (Å²) in [7, 11) is 0. The van der Waals surface area contributed by atoms with Crippen LogP contribution in [0.5, 0.6) is 0 Å². The number of para-hydroxylation sites is 6. The maximum Gasteiger partial charge on any atom is 0.0541 e. The molecule has 10 heteroatoms. The molecule has 148 heavy (non-hydrogen) atoms. The highest BCUT2D eigenvalue weighted by Crippen LogP contribution is 2.49. The maximum absolute atomic E-state index is 2.39. The predicted molar refractivity (Wildman–Crippen MR) is 631 cm³/mol. The second-order valence-electron chi connectivity index (χ2n) is 37.5. The van der Waals surface area contributed by atoms with Crippen molar-refractivity contribution >= 4 is 168 Å². The third-order valence-corrected chi connectivity index (χ3v) is 32.4. The van der Waals surface area contributed by atoms with Gasteiger partial charge in [0.15, 0.2) is 0 Å². The van der Waals surface area contributed by atoms with Crippen molar-refractivity contribution in [3.63, 3.8) is 0 Å². The lowest BCUT2D eigenvalue weighted by atomic mass is 10.0. The van der Waals surface area contributed by atoms with Gasteiger partial charge in [0.2, 0.25) is 0 Å². The maximum atomic E-state index is 2.39. The first-order chi connectivity index (χ1) is 73.3. The van der Waals surface area contributed by atoms with Gasteiger partial charge in [-0.2, -0.15) is 0 Å². The molecule has 0 saturated carbocycles. The summed E-state index contributed by atoms with van der Waals surface area (Å²) in [4.78, 5) is 17.0. The van der Waals surface area contributed by atoms with Crippen LogP contribution in [0.25, 0.3) is 179 Å². The fraction of sp³-hybridized carbons (Fsp3) is 0. The number of fused-ring (bicyclic) bond motifs is 9. The molecule has 698 valence electrons. The molecule has 0 saturated heterocycles. The molecule has 27 aromatic rings. The molecule has 7 nitrogen and oxygen atoms in total. The normalized spacial score (nSPS) is 11.5. The van der Waals surface area contributed by atoms with E-state index < -0.39 is 0 Å². The van der Waals surface area contributed by atoms with Crippen LogP contribution in [0.15, 0.2) is 564 Å². The average Bonchev–Trinajstić information content (AvgIpc) is 1.60. The first kappa shape index (κ1) is 88.3. The van der Waals surface area contributed by atoms with E-state index in [9.17, 15) is 0 Å². The van der Waals surface area contributed by atoms with Crippen LogP contribution in [0.2, 0.25) is 0 Å². The molecular weight excluding hydrogens is 1850 g/mol. The Labute approximate surface area is 871 Å². The molecule has 0 aliphatic carbocycles. The van der Waals surface area contributed by atoms with E-state index >= 15 is 0 Å². The molecule has 6 heterocycles. The van der Waals surface area contributed by atoms with E-state index in [2.05, 4.69) is 597 Å². The number of rotatable bonds is 24. The zero-order valence-electron chi connectivity index (χ0n) is 80.5. The lowest BCUT2D eigenvalue weighted by Crippen LogP contribution is -2.10. The van der Waals surface area contributed by atoms with E-state index in [0.29, 0.717) is 0 Å². The standard InChI is InChI=1S/C138H93N7S3/c1-4-22-100(23-5-1)133-88-91-136(146-133)103-52-70-112(71-53-103)140(115-76-82-118(83-77-115)143-127-34-16-10-28-121(127)122-29-11-17-35-128(122)143)109-64-46-97(47-65-109)94-40-58-106(59-41-94)139(107-60-42-95(43-61-107)98-48-66-110(67-49-98)141(113-72-54-104(55-73-113)137-92-89-134(147-137)101-24-6-2-7-25-101)116-78-84-119(85-79-116)144-129-36-18-12-30-123(129)124-31-13-19-37-130(124)144)108-62-44-96(45-63-108)99-50-68-111(69-51-99)142(114-74-56-105(57-75-114)138-93-90-135(148-138)102-26-8-3-9-27-102)117-80-86-120(87-81-117)145-131-38-20-14-32-125(131)126-33-15-21-39-132(126)145/h1-93H. The van der Waals surface area contributed by atoms with E-state index in [1.54, 1.807) is 0 Å². The van der Waals surface area contributed by atoms with Crippen molar-refractivity contribution in [2.45, 2.75) is 0 Å². The summed E-state index contributed by atoms with van der Waals surface area (Å²) in [6.07, 6.45) is 0. The molecule has 21 aromatic carbocycles. The average molecular weight is 1950 g/mol. The topological polar surface area (TPSA) is 27.8 Å². The molecule has 0 aliphatic rings. The Morgan fingerprint density at radius 2 is 0.236 bits per heavy atom. The Morgan fingerprint density at radius 3 is 0.399 bits per heavy atom. The van der Waals surface area contributed by atoms with E-state index in [0.717, 1.165) is 119 Å². The molecule has 6 aromatic heterocycles. The van der Waals surface area contributed by atoms with E-state index in [1.807, 2.05) is 34.0 Å². The SMILES string of the molecule is c1ccc(-c2ccc(-c3ccc(N(c4ccc(-c5ccc(N(c6ccc(-c7ccc(N(c8ccc(-c9ccc(-c%10ccccc%10)s9)cc8)c8ccc(-n9c%10ccccc%10c%10ccccc%109)cc8)cc7)cc6)c6ccc(-c7ccc(N(c8ccc(-c9ccc(-c%10ccccc%10)s9)cc8)c8ccc(-n9c%10ccccc%10c%10ccccc%109)cc8)cc7)cc6)cc5)cc4)c4ccc(-n5c6ccccc6c6ccccc65)cc4)cc3)s2)cc1. The molecule has 0 N–H and O–H groups in total. The van der Waals surface area contributed by atoms with Gasteiger partial charge in [0.05, 0.1) is 33.1 Å². The van der Waals surface area contributed by atoms with Crippen molar-refractivity contribution in [2.75, 3.05) is 19.6 Å². The quantitative estimate of drug-likeness (QED) is 0.0603. The van der Waals surface area contributed by atoms with Crippen LogP contribution in [-0.4, -0.2) is 13.7 Å². The van der Waals surface area contributed by atoms with Crippen LogP contribution in [-0.2, 0) is 0 Å². The van der Waals surface area contributed by atoms with Gasteiger partial charge >= 0.3 is 0 Å². The van der Waals surface area contributed by atoms with Gasteiger partial charge in [0, 0.05) is 147 Å². The molecule has 0 radical (unpaired) electrons. The first-order valence-electron chi connectivity index (χ1n) is 50.2. The molecule has 0 aliphatic heterocycles. The third kappa shape index (κ3) is 16.6. The Balaban J connectivity index is 0.520. The van der Waals surface area contributed by atoms with Crippen molar-refractivity contribution in [1.82, 2.24) is 13.7 Å². The minimum atomic E-state index is 1.03. The summed E-state index contributed by atoms with van der Waals surface area (Å²) in [6.45, 7) is 0. The fourth-order valence-corrected chi connectivity index (χ4v) is 24.6. The highest BCUT2D eigenvalue weighted by molar-refractivity contribution is 7.19. The minimum absolute atomic E-state index is 1.03. The second-order valence-corrected chi connectivity index (χ2v) is 40.8. The van der Waals surface area contributed by atoms with Gasteiger partial charge in [-0.25, -0.2) is 0 Å². The predicted octanol–water partition coefficient (Wildman–Crippen LogP) is 40.0. The molecule has 0 fully saturated rings. The molecule has 0 amide bonds. The number of hydrogen-bond acceptors (Lipinski definition) is 7. The molecule has 0 bridgehead atoms. The van der Waals surface area contributed by atoms with Crippen molar-refractivity contribution in [2.24, 2.45) is 0 Å². The number of hydrogen-bond donors (Lipinski definition) is 0. The van der Waals surface area contributed by atoms with Crippen molar-refractivity contribution in [3.8, 4) is 113 Å². The monoisotopic (exact) mass is 1940 g/mol.